The third-order valence-electron chi connectivity index (χ3n) is 3.98. The Labute approximate surface area is 184 Å². The van der Waals surface area contributed by atoms with E-state index in [-0.39, 0.29) is 16.6 Å². The van der Waals surface area contributed by atoms with E-state index < -0.39 is 22.7 Å². The number of alkyl halides is 3. The first kappa shape index (κ1) is 22.8. The molecule has 3 aromatic rings. The molecule has 1 aromatic heterocycles. The Morgan fingerprint density at radius 3 is 2.58 bits per heavy atom. The van der Waals surface area contributed by atoms with Crippen LogP contribution in [0.15, 0.2) is 47.6 Å². The predicted molar refractivity (Wildman–Crippen MR) is 113 cm³/mol. The highest BCUT2D eigenvalue weighted by Crippen LogP contribution is 2.36. The molecule has 164 valence electrons. The van der Waals surface area contributed by atoms with Crippen molar-refractivity contribution in [2.24, 2.45) is 0 Å². The molecule has 0 atom stereocenters. The largest absolute Gasteiger partial charge is 0.494 e. The lowest BCUT2D eigenvalue weighted by molar-refractivity contribution is -0.137. The minimum atomic E-state index is -4.63. The Bertz CT molecular complexity index is 1070. The highest BCUT2D eigenvalue weighted by Gasteiger charge is 2.33. The second kappa shape index (κ2) is 9.48. The number of nitrogen functional groups attached to an aromatic ring is 1. The van der Waals surface area contributed by atoms with Gasteiger partial charge in [0, 0.05) is 11.3 Å². The van der Waals surface area contributed by atoms with Crippen LogP contribution in [-0.4, -0.2) is 33.1 Å². The maximum absolute atomic E-state index is 12.9. The molecule has 3 rings (SSSR count). The van der Waals surface area contributed by atoms with E-state index in [1.165, 1.54) is 10.7 Å². The Balaban J connectivity index is 1.64. The van der Waals surface area contributed by atoms with Gasteiger partial charge in [-0.2, -0.15) is 13.2 Å². The summed E-state index contributed by atoms with van der Waals surface area (Å²) in [6, 6.07) is 10.2. The highest BCUT2D eigenvalue weighted by atomic mass is 35.5. The van der Waals surface area contributed by atoms with Crippen molar-refractivity contribution in [1.82, 2.24) is 14.9 Å². The van der Waals surface area contributed by atoms with Crippen LogP contribution in [0.25, 0.3) is 11.4 Å². The van der Waals surface area contributed by atoms with Crippen LogP contribution < -0.4 is 15.9 Å². The predicted octanol–water partition coefficient (Wildman–Crippen LogP) is 4.46. The standard InChI is InChI=1S/C19H17ClF3N5O2S/c1-2-30-13-6-3-11(4-7-13)17-26-27-18(28(17)24)31-10-16(29)25-12-5-8-15(20)14(9-12)19(21,22)23/h3-9H,2,10,24H2,1H3,(H,25,29). The molecule has 31 heavy (non-hydrogen) atoms. The van der Waals surface area contributed by atoms with E-state index in [0.717, 1.165) is 23.9 Å². The Kier molecular flexibility index (Phi) is 6.96. The smallest absolute Gasteiger partial charge is 0.417 e. The van der Waals surface area contributed by atoms with Crippen molar-refractivity contribution >= 4 is 35.0 Å². The zero-order valence-electron chi connectivity index (χ0n) is 16.1. The van der Waals surface area contributed by atoms with Crippen molar-refractivity contribution in [3.63, 3.8) is 0 Å². The van der Waals surface area contributed by atoms with Crippen molar-refractivity contribution in [1.29, 1.82) is 0 Å². The van der Waals surface area contributed by atoms with Gasteiger partial charge in [0.15, 0.2) is 5.82 Å². The molecule has 1 amide bonds. The van der Waals surface area contributed by atoms with Crippen LogP contribution in [0.1, 0.15) is 12.5 Å². The Morgan fingerprint density at radius 2 is 1.94 bits per heavy atom. The average molecular weight is 472 g/mol. The second-order valence-electron chi connectivity index (χ2n) is 6.16. The summed E-state index contributed by atoms with van der Waals surface area (Å²) in [7, 11) is 0. The molecule has 0 radical (unpaired) electrons. The number of anilines is 1. The van der Waals surface area contributed by atoms with Gasteiger partial charge in [-0.1, -0.05) is 23.4 Å². The molecule has 12 heteroatoms. The molecule has 7 nitrogen and oxygen atoms in total. The van der Waals surface area contributed by atoms with Crippen LogP contribution in [0.4, 0.5) is 18.9 Å². The van der Waals surface area contributed by atoms with E-state index in [9.17, 15) is 18.0 Å². The minimum absolute atomic E-state index is 0.0217. The third kappa shape index (κ3) is 5.61. The van der Waals surface area contributed by atoms with Crippen molar-refractivity contribution in [3.8, 4) is 17.1 Å². The summed E-state index contributed by atoms with van der Waals surface area (Å²) in [5.74, 6) is 6.44. The number of carbonyl (C=O) groups excluding carboxylic acids is 1. The van der Waals surface area contributed by atoms with Crippen LogP contribution in [-0.2, 0) is 11.0 Å². The van der Waals surface area contributed by atoms with Crippen molar-refractivity contribution in [3.05, 3.63) is 53.1 Å². The summed E-state index contributed by atoms with van der Waals surface area (Å²) in [5.41, 5.74) is -0.344. The molecule has 0 bridgehead atoms. The van der Waals surface area contributed by atoms with Gasteiger partial charge in [-0.05, 0) is 49.4 Å². The van der Waals surface area contributed by atoms with E-state index in [1.54, 1.807) is 24.3 Å². The molecule has 2 aromatic carbocycles. The number of amides is 1. The van der Waals surface area contributed by atoms with Gasteiger partial charge in [-0.3, -0.25) is 4.79 Å². The maximum atomic E-state index is 12.9. The first-order valence-corrected chi connectivity index (χ1v) is 10.3. The Morgan fingerprint density at radius 1 is 1.23 bits per heavy atom. The number of rotatable bonds is 7. The lowest BCUT2D eigenvalue weighted by Crippen LogP contribution is -2.17. The zero-order valence-corrected chi connectivity index (χ0v) is 17.7. The van der Waals surface area contributed by atoms with Gasteiger partial charge in [-0.25, -0.2) is 4.68 Å². The first-order valence-electron chi connectivity index (χ1n) is 8.92. The number of nitrogens with two attached hydrogens (primary N) is 1. The summed E-state index contributed by atoms with van der Waals surface area (Å²) in [5, 5.41) is 10.2. The van der Waals surface area contributed by atoms with Gasteiger partial charge in [-0.15, -0.1) is 10.2 Å². The van der Waals surface area contributed by atoms with Crippen LogP contribution in [0.3, 0.4) is 0 Å². The number of hydrogen-bond acceptors (Lipinski definition) is 6. The molecule has 0 aliphatic rings. The quantitative estimate of drug-likeness (QED) is 0.390. The number of nitrogens with one attached hydrogen (secondary N) is 1. The van der Waals surface area contributed by atoms with Gasteiger partial charge in [0.1, 0.15) is 5.75 Å². The fraction of sp³-hybridized carbons (Fsp3) is 0.211. The molecule has 0 aliphatic heterocycles. The van der Waals surface area contributed by atoms with Crippen molar-refractivity contribution < 1.29 is 22.7 Å². The lowest BCUT2D eigenvalue weighted by Gasteiger charge is -2.11. The summed E-state index contributed by atoms with van der Waals surface area (Å²) >= 11 is 6.57. The van der Waals surface area contributed by atoms with Gasteiger partial charge in [0.25, 0.3) is 0 Å². The number of thioether (sulfide) groups is 1. The van der Waals surface area contributed by atoms with E-state index in [2.05, 4.69) is 15.5 Å². The summed E-state index contributed by atoms with van der Waals surface area (Å²) in [4.78, 5) is 12.2. The molecule has 0 aliphatic carbocycles. The van der Waals surface area contributed by atoms with E-state index >= 15 is 0 Å². The molecule has 3 N–H and O–H groups in total. The molecule has 1 heterocycles. The number of halogens is 4. The lowest BCUT2D eigenvalue weighted by atomic mass is 10.2. The van der Waals surface area contributed by atoms with Crippen LogP contribution >= 0.6 is 23.4 Å². The van der Waals surface area contributed by atoms with Gasteiger partial charge < -0.3 is 15.9 Å². The topological polar surface area (TPSA) is 95.1 Å². The Hall–Kier alpha value is -2.92. The fourth-order valence-corrected chi connectivity index (χ4v) is 3.47. The summed E-state index contributed by atoms with van der Waals surface area (Å²) in [6.07, 6.45) is -4.63. The zero-order chi connectivity index (χ0) is 22.6. The van der Waals surface area contributed by atoms with E-state index in [4.69, 9.17) is 22.2 Å². The SMILES string of the molecule is CCOc1ccc(-c2nnc(SCC(=O)Nc3ccc(Cl)c(C(F)(F)F)c3)n2N)cc1. The minimum Gasteiger partial charge on any atom is -0.494 e. The maximum Gasteiger partial charge on any atom is 0.417 e. The average Bonchev–Trinajstić information content (AvgIpc) is 3.08. The number of benzene rings is 2. The molecule has 0 saturated heterocycles. The monoisotopic (exact) mass is 471 g/mol. The molecular formula is C19H17ClF3N5O2S. The normalized spacial score (nSPS) is 11.4. The van der Waals surface area contributed by atoms with Crippen molar-refractivity contribution in [2.45, 2.75) is 18.3 Å². The van der Waals surface area contributed by atoms with Gasteiger partial charge in [0.2, 0.25) is 11.1 Å². The van der Waals surface area contributed by atoms with E-state index in [0.29, 0.717) is 23.7 Å². The number of aromatic nitrogens is 3. The number of carbonyl (C=O) groups is 1. The van der Waals surface area contributed by atoms with Crippen LogP contribution in [0.5, 0.6) is 5.75 Å². The molecule has 0 saturated carbocycles. The number of hydrogen-bond donors (Lipinski definition) is 2. The van der Waals surface area contributed by atoms with Gasteiger partial charge in [0.05, 0.1) is 22.9 Å². The highest BCUT2D eigenvalue weighted by molar-refractivity contribution is 7.99. The molecule has 0 unspecified atom stereocenters. The van der Waals surface area contributed by atoms with Gasteiger partial charge >= 0.3 is 6.18 Å². The van der Waals surface area contributed by atoms with Crippen molar-refractivity contribution in [2.75, 3.05) is 23.5 Å². The molecule has 0 fully saturated rings. The van der Waals surface area contributed by atoms with E-state index in [1.807, 2.05) is 6.92 Å². The summed E-state index contributed by atoms with van der Waals surface area (Å²) < 4.78 is 45.4. The third-order valence-corrected chi connectivity index (χ3v) is 5.25. The second-order valence-corrected chi connectivity index (χ2v) is 7.51. The fourth-order valence-electron chi connectivity index (χ4n) is 2.59. The van der Waals surface area contributed by atoms with Crippen LogP contribution in [0.2, 0.25) is 5.02 Å². The molecular weight excluding hydrogens is 455 g/mol. The number of ether oxygens (including phenoxy) is 1. The first-order chi connectivity index (χ1) is 14.7. The summed E-state index contributed by atoms with van der Waals surface area (Å²) in [6.45, 7) is 2.43. The number of nitrogens with zero attached hydrogens (tertiary/aromatic N) is 3. The van der Waals surface area contributed by atoms with Crippen LogP contribution in [0, 0.1) is 0 Å². The molecule has 0 spiro atoms.